The molecule has 0 aromatic rings. The standard InChI is InChI=1S/C13H16F3N/c1-9(2)17-8-7-10-5-4-6-11(12(10,17)3)13(14,15)16/h4-10H,1-3H3. The number of allylic oxidation sites excluding steroid dienone is 2. The summed E-state index contributed by atoms with van der Waals surface area (Å²) in [6.07, 6.45) is 3.87. The zero-order valence-electron chi connectivity index (χ0n) is 10.1. The summed E-state index contributed by atoms with van der Waals surface area (Å²) in [5.41, 5.74) is -1.46. The molecule has 94 valence electrons. The van der Waals surface area contributed by atoms with Crippen LogP contribution in [0.2, 0.25) is 0 Å². The quantitative estimate of drug-likeness (QED) is 0.679. The van der Waals surface area contributed by atoms with Gasteiger partial charge in [-0.05, 0) is 27.0 Å². The lowest BCUT2D eigenvalue weighted by molar-refractivity contribution is -0.110. The molecule has 0 amide bonds. The van der Waals surface area contributed by atoms with Crippen LogP contribution in [0.5, 0.6) is 0 Å². The Morgan fingerprint density at radius 1 is 1.29 bits per heavy atom. The van der Waals surface area contributed by atoms with E-state index in [1.54, 1.807) is 18.0 Å². The second kappa shape index (κ2) is 3.65. The highest BCUT2D eigenvalue weighted by molar-refractivity contribution is 5.41. The van der Waals surface area contributed by atoms with Gasteiger partial charge in [0.2, 0.25) is 0 Å². The third-order valence-corrected chi connectivity index (χ3v) is 3.63. The lowest BCUT2D eigenvalue weighted by Crippen LogP contribution is -2.53. The van der Waals surface area contributed by atoms with Crippen LogP contribution in [0.3, 0.4) is 0 Å². The van der Waals surface area contributed by atoms with E-state index in [-0.39, 0.29) is 12.0 Å². The lowest BCUT2D eigenvalue weighted by atomic mass is 9.76. The Labute approximate surface area is 99.3 Å². The van der Waals surface area contributed by atoms with E-state index in [1.165, 1.54) is 12.2 Å². The smallest absolute Gasteiger partial charge is 0.365 e. The summed E-state index contributed by atoms with van der Waals surface area (Å²) in [6, 6.07) is 0.0403. The molecule has 0 spiro atoms. The summed E-state index contributed by atoms with van der Waals surface area (Å²) in [4.78, 5) is 1.79. The Bertz CT molecular complexity index is 403. The molecule has 0 saturated carbocycles. The molecular weight excluding hydrogens is 227 g/mol. The molecule has 4 heteroatoms. The van der Waals surface area contributed by atoms with Crippen molar-refractivity contribution in [3.05, 3.63) is 36.1 Å². The van der Waals surface area contributed by atoms with Gasteiger partial charge in [-0.25, -0.2) is 0 Å². The van der Waals surface area contributed by atoms with Gasteiger partial charge < -0.3 is 4.90 Å². The fourth-order valence-corrected chi connectivity index (χ4v) is 2.80. The van der Waals surface area contributed by atoms with Crippen LogP contribution in [0.25, 0.3) is 0 Å². The van der Waals surface area contributed by atoms with Crippen molar-refractivity contribution in [1.82, 2.24) is 4.90 Å². The summed E-state index contributed by atoms with van der Waals surface area (Å²) in [5, 5.41) is 0. The summed E-state index contributed by atoms with van der Waals surface area (Å²) in [5.74, 6) is -0.202. The summed E-state index contributed by atoms with van der Waals surface area (Å²) in [6.45, 7) is 5.48. The highest BCUT2D eigenvalue weighted by atomic mass is 19.4. The third-order valence-electron chi connectivity index (χ3n) is 3.63. The van der Waals surface area contributed by atoms with Crippen molar-refractivity contribution in [2.24, 2.45) is 5.92 Å². The molecule has 17 heavy (non-hydrogen) atoms. The molecule has 0 bridgehead atoms. The first-order chi connectivity index (χ1) is 7.78. The van der Waals surface area contributed by atoms with Gasteiger partial charge in [0.15, 0.2) is 0 Å². The van der Waals surface area contributed by atoms with E-state index in [4.69, 9.17) is 0 Å². The Balaban J connectivity index is 2.48. The van der Waals surface area contributed by atoms with Crippen molar-refractivity contribution in [3.8, 4) is 0 Å². The average molecular weight is 243 g/mol. The number of nitrogens with zero attached hydrogens (tertiary/aromatic N) is 1. The number of hydrogen-bond donors (Lipinski definition) is 0. The predicted molar refractivity (Wildman–Crippen MR) is 61.3 cm³/mol. The van der Waals surface area contributed by atoms with Gasteiger partial charge in [0, 0.05) is 12.0 Å². The van der Waals surface area contributed by atoms with Gasteiger partial charge in [0.1, 0.15) is 0 Å². The van der Waals surface area contributed by atoms with Crippen molar-refractivity contribution in [1.29, 1.82) is 0 Å². The molecule has 2 unspecified atom stereocenters. The van der Waals surface area contributed by atoms with Crippen LogP contribution in [0, 0.1) is 5.92 Å². The minimum atomic E-state index is -4.28. The molecule has 0 aromatic heterocycles. The van der Waals surface area contributed by atoms with Crippen molar-refractivity contribution in [2.75, 3.05) is 0 Å². The van der Waals surface area contributed by atoms with E-state index < -0.39 is 17.3 Å². The van der Waals surface area contributed by atoms with Gasteiger partial charge in [-0.15, -0.1) is 0 Å². The highest BCUT2D eigenvalue weighted by Gasteiger charge is 2.54. The number of fused-ring (bicyclic) bond motifs is 1. The van der Waals surface area contributed by atoms with E-state index in [2.05, 4.69) is 0 Å². The molecule has 0 N–H and O–H groups in total. The van der Waals surface area contributed by atoms with Gasteiger partial charge in [0.05, 0.1) is 11.1 Å². The topological polar surface area (TPSA) is 3.24 Å². The summed E-state index contributed by atoms with van der Waals surface area (Å²) in [7, 11) is 0. The zero-order chi connectivity index (χ0) is 12.8. The Kier molecular flexibility index (Phi) is 2.64. The van der Waals surface area contributed by atoms with Crippen LogP contribution in [-0.2, 0) is 0 Å². The van der Waals surface area contributed by atoms with Crippen LogP contribution in [0.4, 0.5) is 13.2 Å². The fourth-order valence-electron chi connectivity index (χ4n) is 2.80. The third kappa shape index (κ3) is 1.70. The normalized spacial score (nSPS) is 32.1. The first-order valence-corrected chi connectivity index (χ1v) is 5.71. The van der Waals surface area contributed by atoms with Crippen molar-refractivity contribution in [3.63, 3.8) is 0 Å². The monoisotopic (exact) mass is 243 g/mol. The Hall–Kier alpha value is -1.19. The summed E-state index contributed by atoms with van der Waals surface area (Å²) < 4.78 is 39.3. The fraction of sp³-hybridized carbons (Fsp3) is 0.538. The Morgan fingerprint density at radius 2 is 1.94 bits per heavy atom. The van der Waals surface area contributed by atoms with Crippen molar-refractivity contribution in [2.45, 2.75) is 38.5 Å². The molecule has 1 nitrogen and oxygen atoms in total. The number of halogens is 3. The van der Waals surface area contributed by atoms with E-state index in [0.29, 0.717) is 0 Å². The number of hydrogen-bond acceptors (Lipinski definition) is 1. The van der Waals surface area contributed by atoms with E-state index in [9.17, 15) is 13.2 Å². The average Bonchev–Trinajstić information content (AvgIpc) is 2.52. The minimum absolute atomic E-state index is 0.0403. The molecule has 2 rings (SSSR count). The zero-order valence-corrected chi connectivity index (χ0v) is 10.1. The highest BCUT2D eigenvalue weighted by Crippen LogP contribution is 2.48. The molecule has 0 aromatic carbocycles. The largest absolute Gasteiger partial charge is 0.414 e. The molecule has 1 aliphatic carbocycles. The van der Waals surface area contributed by atoms with Gasteiger partial charge in [-0.1, -0.05) is 24.3 Å². The molecule has 1 heterocycles. The maximum Gasteiger partial charge on any atom is 0.414 e. The molecule has 2 aliphatic rings. The Morgan fingerprint density at radius 3 is 2.47 bits per heavy atom. The van der Waals surface area contributed by atoms with Crippen LogP contribution >= 0.6 is 0 Å². The van der Waals surface area contributed by atoms with Gasteiger partial charge in [-0.2, -0.15) is 13.2 Å². The molecular formula is C13H16F3N. The van der Waals surface area contributed by atoms with Gasteiger partial charge in [-0.3, -0.25) is 0 Å². The minimum Gasteiger partial charge on any atom is -0.365 e. The number of rotatable bonds is 1. The molecule has 0 radical (unpaired) electrons. The summed E-state index contributed by atoms with van der Waals surface area (Å²) >= 11 is 0. The maximum absolute atomic E-state index is 13.1. The molecule has 0 fully saturated rings. The maximum atomic E-state index is 13.1. The van der Waals surface area contributed by atoms with Gasteiger partial charge >= 0.3 is 6.18 Å². The van der Waals surface area contributed by atoms with Crippen molar-refractivity contribution < 1.29 is 13.2 Å². The van der Waals surface area contributed by atoms with Crippen LogP contribution in [0.1, 0.15) is 20.8 Å². The van der Waals surface area contributed by atoms with Gasteiger partial charge in [0.25, 0.3) is 0 Å². The van der Waals surface area contributed by atoms with Crippen LogP contribution in [-0.4, -0.2) is 22.7 Å². The SMILES string of the molecule is CC(C)N1C=CC2C=CC=C(C(F)(F)F)C21C. The second-order valence-corrected chi connectivity index (χ2v) is 4.98. The van der Waals surface area contributed by atoms with E-state index >= 15 is 0 Å². The number of alkyl halides is 3. The predicted octanol–water partition coefficient (Wildman–Crippen LogP) is 3.66. The van der Waals surface area contributed by atoms with Crippen LogP contribution < -0.4 is 0 Å². The molecule has 1 aliphatic heterocycles. The van der Waals surface area contributed by atoms with E-state index in [0.717, 1.165) is 0 Å². The molecule has 0 saturated heterocycles. The molecule has 2 atom stereocenters. The van der Waals surface area contributed by atoms with E-state index in [1.807, 2.05) is 26.0 Å². The second-order valence-electron chi connectivity index (χ2n) is 4.98. The lowest BCUT2D eigenvalue weighted by Gasteiger charge is -2.45. The van der Waals surface area contributed by atoms with Crippen LogP contribution in [0.15, 0.2) is 36.1 Å². The first kappa shape index (κ1) is 12.3. The van der Waals surface area contributed by atoms with Crippen molar-refractivity contribution >= 4 is 0 Å². The first-order valence-electron chi connectivity index (χ1n) is 5.71.